The van der Waals surface area contributed by atoms with Crippen molar-refractivity contribution < 1.29 is 4.58 Å². The van der Waals surface area contributed by atoms with Crippen molar-refractivity contribution in [3.63, 3.8) is 0 Å². The summed E-state index contributed by atoms with van der Waals surface area (Å²) in [6.45, 7) is 9.13. The number of benzene rings is 4. The quantitative estimate of drug-likeness (QED) is 0.153. The van der Waals surface area contributed by atoms with E-state index in [4.69, 9.17) is 0 Å². The SMILES string of the molecule is C=[N+]1c2ccc3ccccc3c2C(CC(C)C)=C[C-]1c1cccc2c1[s+][c-]1ccccc21. The van der Waals surface area contributed by atoms with Crippen LogP contribution in [0.1, 0.15) is 31.4 Å². The van der Waals surface area contributed by atoms with E-state index in [-0.39, 0.29) is 0 Å². The number of allylic oxidation sites excluding steroid dienone is 1. The topological polar surface area (TPSA) is 3.01 Å². The van der Waals surface area contributed by atoms with Gasteiger partial charge in [0.05, 0.1) is 6.72 Å². The Kier molecular flexibility index (Phi) is 4.44. The zero-order chi connectivity index (χ0) is 21.8. The second-order valence-corrected chi connectivity index (χ2v) is 10.1. The Hall–Kier alpha value is -3.36. The third-order valence-electron chi connectivity index (χ3n) is 6.43. The largest absolute Gasteiger partial charge is 0.248 e. The summed E-state index contributed by atoms with van der Waals surface area (Å²) < 4.78 is 4.81. The van der Waals surface area contributed by atoms with E-state index in [9.17, 15) is 0 Å². The Morgan fingerprint density at radius 2 is 1.72 bits per heavy atom. The van der Waals surface area contributed by atoms with Crippen molar-refractivity contribution >= 4 is 60.3 Å². The van der Waals surface area contributed by atoms with Crippen molar-refractivity contribution in [2.45, 2.75) is 20.3 Å². The van der Waals surface area contributed by atoms with Crippen LogP contribution in [0.4, 0.5) is 5.69 Å². The van der Waals surface area contributed by atoms with Crippen LogP contribution in [0.2, 0.25) is 0 Å². The van der Waals surface area contributed by atoms with Crippen molar-refractivity contribution in [3.8, 4) is 0 Å². The van der Waals surface area contributed by atoms with E-state index in [2.05, 4.69) is 110 Å². The summed E-state index contributed by atoms with van der Waals surface area (Å²) in [5.74, 6) is 0.575. The lowest BCUT2D eigenvalue weighted by Gasteiger charge is -2.28. The molecule has 0 saturated heterocycles. The van der Waals surface area contributed by atoms with Crippen molar-refractivity contribution in [3.05, 3.63) is 102 Å². The van der Waals surface area contributed by atoms with E-state index < -0.39 is 0 Å². The number of nitrogens with zero attached hydrogens (tertiary/aromatic N) is 1. The van der Waals surface area contributed by atoms with Gasteiger partial charge in [0.1, 0.15) is 11.3 Å². The summed E-state index contributed by atoms with van der Waals surface area (Å²) in [6, 6.07) is 29.7. The van der Waals surface area contributed by atoms with Gasteiger partial charge in [-0.15, -0.1) is 18.2 Å². The molecule has 0 atom stereocenters. The highest BCUT2D eigenvalue weighted by Crippen LogP contribution is 2.46. The summed E-state index contributed by atoms with van der Waals surface area (Å²) in [5, 5.41) is 5.25. The number of hydrogen-bond acceptors (Lipinski definition) is 0. The Balaban J connectivity index is 1.61. The van der Waals surface area contributed by atoms with Crippen molar-refractivity contribution in [1.82, 2.24) is 0 Å². The fourth-order valence-electron chi connectivity index (χ4n) is 5.04. The summed E-state index contributed by atoms with van der Waals surface area (Å²) in [5.41, 5.74) is 5.19. The molecule has 1 aromatic heterocycles. The van der Waals surface area contributed by atoms with Gasteiger partial charge in [0.2, 0.25) is 0 Å². The van der Waals surface area contributed by atoms with Gasteiger partial charge in [0, 0.05) is 11.1 Å². The van der Waals surface area contributed by atoms with Crippen LogP contribution in [0.15, 0.2) is 84.9 Å². The van der Waals surface area contributed by atoms with Crippen molar-refractivity contribution in [1.29, 1.82) is 0 Å². The van der Waals surface area contributed by atoms with Crippen LogP contribution in [0.5, 0.6) is 0 Å². The lowest BCUT2D eigenvalue weighted by molar-refractivity contribution is -0.400. The molecule has 5 aromatic rings. The lowest BCUT2D eigenvalue weighted by Crippen LogP contribution is -2.18. The number of hydrogen-bond donors (Lipinski definition) is 0. The third kappa shape index (κ3) is 2.91. The van der Waals surface area contributed by atoms with Crippen LogP contribution in [0, 0.1) is 12.0 Å². The highest BCUT2D eigenvalue weighted by molar-refractivity contribution is 7.26. The smallest absolute Gasteiger partial charge is 0.160 e. The molecule has 1 aliphatic heterocycles. The molecule has 156 valence electrons. The number of rotatable bonds is 3. The molecule has 2 heterocycles. The average molecular weight is 432 g/mol. The normalized spacial score (nSPS) is 13.9. The van der Waals surface area contributed by atoms with Gasteiger partial charge in [-0.2, -0.15) is 0 Å². The van der Waals surface area contributed by atoms with E-state index in [1.165, 1.54) is 59.4 Å². The van der Waals surface area contributed by atoms with E-state index in [0.29, 0.717) is 5.92 Å². The first kappa shape index (κ1) is 19.3. The molecule has 0 saturated carbocycles. The van der Waals surface area contributed by atoms with E-state index in [1.807, 2.05) is 11.3 Å². The van der Waals surface area contributed by atoms with Gasteiger partial charge in [-0.05, 0) is 40.6 Å². The fourth-order valence-corrected chi connectivity index (χ4v) is 6.27. The fraction of sp³-hybridized carbons (Fsp3) is 0.133. The standard InChI is InChI=1S/C30H25NS/c1-19(2)17-21-18-27(31(3)26-16-15-20-9-4-5-10-22(20)29(21)26)25-13-8-12-24-23-11-6-7-14-28(23)32-30(24)25/h4-16,18-19H,3,17H2,1-2H3. The molecule has 0 fully saturated rings. The minimum Gasteiger partial charge on any atom is -0.248 e. The lowest BCUT2D eigenvalue weighted by atomic mass is 9.85. The molecule has 32 heavy (non-hydrogen) atoms. The Morgan fingerprint density at radius 1 is 0.906 bits per heavy atom. The Labute approximate surface area is 193 Å². The molecule has 1 aliphatic rings. The van der Waals surface area contributed by atoms with Gasteiger partial charge in [-0.1, -0.05) is 79.4 Å². The van der Waals surface area contributed by atoms with Crippen LogP contribution < -0.4 is 0 Å². The van der Waals surface area contributed by atoms with E-state index >= 15 is 0 Å². The molecule has 4 aromatic carbocycles. The van der Waals surface area contributed by atoms with Crippen LogP contribution in [-0.2, 0) is 0 Å². The summed E-state index contributed by atoms with van der Waals surface area (Å²) in [4.78, 5) is 0. The van der Waals surface area contributed by atoms with Crippen molar-refractivity contribution in [2.75, 3.05) is 0 Å². The summed E-state index contributed by atoms with van der Waals surface area (Å²) >= 11 is 1.88. The predicted octanol–water partition coefficient (Wildman–Crippen LogP) is 8.58. The van der Waals surface area contributed by atoms with Crippen LogP contribution in [-0.4, -0.2) is 11.3 Å². The minimum atomic E-state index is 0.575. The van der Waals surface area contributed by atoms with Crippen LogP contribution >= 0.6 is 11.3 Å². The molecule has 0 spiro atoms. The highest BCUT2D eigenvalue weighted by Gasteiger charge is 2.30. The molecule has 0 radical (unpaired) electrons. The molecule has 6 rings (SSSR count). The minimum absolute atomic E-state index is 0.575. The van der Waals surface area contributed by atoms with Gasteiger partial charge in [-0.3, -0.25) is 0 Å². The maximum Gasteiger partial charge on any atom is 0.160 e. The second kappa shape index (κ2) is 7.36. The highest BCUT2D eigenvalue weighted by atomic mass is 32.1. The second-order valence-electron chi connectivity index (χ2n) is 9.04. The van der Waals surface area contributed by atoms with Gasteiger partial charge < -0.3 is 0 Å². The van der Waals surface area contributed by atoms with Gasteiger partial charge in [0.15, 0.2) is 21.1 Å². The molecule has 0 aliphatic carbocycles. The first-order valence-corrected chi connectivity index (χ1v) is 12.0. The van der Waals surface area contributed by atoms with E-state index in [1.54, 1.807) is 0 Å². The first-order chi connectivity index (χ1) is 15.6. The Bertz CT molecular complexity index is 1550. The molecule has 0 bridgehead atoms. The molecule has 2 heteroatoms. The predicted molar refractivity (Wildman–Crippen MR) is 140 cm³/mol. The number of fused-ring (bicyclic) bond motifs is 6. The van der Waals surface area contributed by atoms with E-state index in [0.717, 1.165) is 6.42 Å². The summed E-state index contributed by atoms with van der Waals surface area (Å²) in [7, 11) is 0. The van der Waals surface area contributed by atoms with Gasteiger partial charge in [0.25, 0.3) is 0 Å². The maximum atomic E-state index is 4.53. The molecule has 0 unspecified atom stereocenters. The van der Waals surface area contributed by atoms with Gasteiger partial charge >= 0.3 is 0 Å². The zero-order valence-electron chi connectivity index (χ0n) is 18.4. The monoisotopic (exact) mass is 431 g/mol. The van der Waals surface area contributed by atoms with Crippen LogP contribution in [0.25, 0.3) is 36.5 Å². The first-order valence-electron chi connectivity index (χ1n) is 11.2. The van der Waals surface area contributed by atoms with Crippen LogP contribution in [0.3, 0.4) is 0 Å². The third-order valence-corrected chi connectivity index (χ3v) is 7.65. The molecular formula is C30H25NS. The average Bonchev–Trinajstić information content (AvgIpc) is 3.19. The molecule has 1 nitrogen and oxygen atoms in total. The molecule has 0 amide bonds. The molecule has 0 N–H and O–H groups in total. The van der Waals surface area contributed by atoms with Gasteiger partial charge in [-0.25, -0.2) is 4.58 Å². The maximum absolute atomic E-state index is 4.53. The van der Waals surface area contributed by atoms with Crippen molar-refractivity contribution in [2.24, 2.45) is 5.92 Å². The summed E-state index contributed by atoms with van der Waals surface area (Å²) in [6.07, 6.45) is 3.43. The molecular weight excluding hydrogens is 406 g/mol. The zero-order valence-corrected chi connectivity index (χ0v) is 19.2. The number of thiophene rings is 1. The Morgan fingerprint density at radius 3 is 2.59 bits per heavy atom.